The summed E-state index contributed by atoms with van der Waals surface area (Å²) in [5, 5.41) is 3.65. The van der Waals surface area contributed by atoms with Crippen molar-refractivity contribution in [2.24, 2.45) is 0 Å². The normalized spacial score (nSPS) is 12.4. The van der Waals surface area contributed by atoms with E-state index in [1.807, 2.05) is 61.5 Å². The average molecular weight is 554 g/mol. The molecule has 4 rings (SSSR count). The molecule has 37 heavy (non-hydrogen) atoms. The number of rotatable bonds is 11. The Bertz CT molecular complexity index is 1410. The van der Waals surface area contributed by atoms with E-state index in [9.17, 15) is 16.8 Å². The molecule has 192 valence electrons. The first-order valence-electron chi connectivity index (χ1n) is 12.0. The molecule has 0 aliphatic heterocycles. The van der Waals surface area contributed by atoms with Gasteiger partial charge in [0, 0.05) is 0 Å². The van der Waals surface area contributed by atoms with Crippen LogP contribution in [0.15, 0.2) is 120 Å². The lowest BCUT2D eigenvalue weighted by Crippen LogP contribution is -2.33. The van der Waals surface area contributed by atoms with Crippen molar-refractivity contribution in [3.05, 3.63) is 121 Å². The molecule has 0 bridgehead atoms. The van der Waals surface area contributed by atoms with Crippen molar-refractivity contribution < 1.29 is 20.5 Å². The highest BCUT2D eigenvalue weighted by molar-refractivity contribution is 7.99. The van der Waals surface area contributed by atoms with Gasteiger partial charge in [0.15, 0.2) is 0 Å². The maximum atomic E-state index is 12.6. The topological polar surface area (TPSA) is 77.5 Å². The summed E-state index contributed by atoms with van der Waals surface area (Å²) in [7, 11) is -10.8. The van der Waals surface area contributed by atoms with Crippen molar-refractivity contribution in [1.29, 1.82) is 0 Å². The second kappa shape index (κ2) is 11.7. The second-order valence-corrected chi connectivity index (χ2v) is 15.9. The minimum Gasteiger partial charge on any atom is -0.198 e. The Morgan fingerprint density at radius 2 is 1.03 bits per heavy atom. The Morgan fingerprint density at radius 3 is 1.46 bits per heavy atom. The predicted molar refractivity (Wildman–Crippen MR) is 152 cm³/mol. The van der Waals surface area contributed by atoms with Crippen molar-refractivity contribution in [1.82, 2.24) is 0 Å². The first-order valence-corrected chi connectivity index (χ1v) is 17.0. The fourth-order valence-electron chi connectivity index (χ4n) is 4.42. The van der Waals surface area contributed by atoms with Gasteiger partial charge in [0.05, 0.1) is 16.8 Å². The highest BCUT2D eigenvalue weighted by Gasteiger charge is 2.44. The molecule has 0 saturated heterocycles. The van der Waals surface area contributed by atoms with E-state index in [0.717, 1.165) is 11.7 Å². The molecule has 0 saturated carbocycles. The highest BCUT2D eigenvalue weighted by Crippen LogP contribution is 2.55. The lowest BCUT2D eigenvalue weighted by molar-refractivity contribution is 0.460. The van der Waals surface area contributed by atoms with Crippen molar-refractivity contribution in [3.8, 4) is 0 Å². The number of hydrogen-bond acceptors (Lipinski definition) is 5. The van der Waals surface area contributed by atoms with Gasteiger partial charge in [0.25, 0.3) is 10.1 Å². The fourth-order valence-corrected chi connectivity index (χ4v) is 11.5. The molecule has 0 unspecified atom stereocenters. The Kier molecular flexibility index (Phi) is 8.60. The molecule has 0 fully saturated rings. The monoisotopic (exact) mass is 553 g/mol. The van der Waals surface area contributed by atoms with Crippen molar-refractivity contribution in [2.75, 3.05) is 11.9 Å². The number of hydrogen-bond donors (Lipinski definition) is 0. The van der Waals surface area contributed by atoms with E-state index >= 15 is 0 Å². The van der Waals surface area contributed by atoms with Crippen LogP contribution >= 0.6 is 7.26 Å². The molecular formula is C29H30O5PS2+. The Labute approximate surface area is 220 Å². The van der Waals surface area contributed by atoms with Gasteiger partial charge < -0.3 is 0 Å². The van der Waals surface area contributed by atoms with E-state index < -0.39 is 27.5 Å². The summed E-state index contributed by atoms with van der Waals surface area (Å²) >= 11 is 0. The van der Waals surface area contributed by atoms with E-state index in [-0.39, 0.29) is 17.1 Å². The molecule has 0 atom stereocenters. The van der Waals surface area contributed by atoms with Gasteiger partial charge in [-0.25, -0.2) is 0 Å². The molecular weight excluding hydrogens is 523 g/mol. The minimum absolute atomic E-state index is 0.177. The standard InChI is InChI=1S/C29H30O5PS2/c1-25-19-21-29(22-20-25)37(32,33)34-36(30,31)24-12-11-23-35(26-13-5-2-6-14-26,27-15-7-3-8-16-27)28-17-9-4-10-18-28/h2-10,13-22H,11-12,23-24H2,1H3/q+1. The summed E-state index contributed by atoms with van der Waals surface area (Å²) < 4.78 is 55.0. The molecule has 0 spiro atoms. The quantitative estimate of drug-likeness (QED) is 0.197. The van der Waals surface area contributed by atoms with E-state index in [0.29, 0.717) is 6.42 Å². The first kappa shape index (κ1) is 27.2. The summed E-state index contributed by atoms with van der Waals surface area (Å²) in [5.41, 5.74) is 0.865. The van der Waals surface area contributed by atoms with E-state index in [2.05, 4.69) is 36.4 Å². The second-order valence-electron chi connectivity index (χ2n) is 8.84. The van der Waals surface area contributed by atoms with Crippen LogP contribution in [0.3, 0.4) is 0 Å². The molecule has 0 amide bonds. The maximum Gasteiger partial charge on any atom is 0.311 e. The third kappa shape index (κ3) is 6.55. The third-order valence-corrected chi connectivity index (χ3v) is 13.9. The SMILES string of the molecule is Cc1ccc(S(=O)(=O)OS(=O)(=O)CCCC[P+](c2ccccc2)(c2ccccc2)c2ccccc2)cc1. The number of unbranched alkanes of at least 4 members (excludes halogenated alkanes) is 1. The number of benzene rings is 4. The molecule has 0 heterocycles. The van der Waals surface area contributed by atoms with Crippen LogP contribution in [-0.2, 0) is 23.9 Å². The summed E-state index contributed by atoms with van der Waals surface area (Å²) in [4.78, 5) is -0.177. The zero-order valence-electron chi connectivity index (χ0n) is 20.6. The molecule has 0 aliphatic rings. The summed E-state index contributed by atoms with van der Waals surface area (Å²) in [6, 6.07) is 36.9. The van der Waals surface area contributed by atoms with Gasteiger partial charge in [-0.05, 0) is 68.3 Å². The predicted octanol–water partition coefficient (Wildman–Crippen LogP) is 4.80. The maximum absolute atomic E-state index is 12.6. The van der Waals surface area contributed by atoms with Crippen molar-refractivity contribution >= 4 is 43.4 Å². The first-order chi connectivity index (χ1) is 17.7. The van der Waals surface area contributed by atoms with E-state index in [4.69, 9.17) is 3.63 Å². The highest BCUT2D eigenvalue weighted by atomic mass is 32.3. The van der Waals surface area contributed by atoms with Gasteiger partial charge in [-0.2, -0.15) is 16.8 Å². The molecule has 0 aliphatic carbocycles. The van der Waals surface area contributed by atoms with Crippen LogP contribution in [0.5, 0.6) is 0 Å². The molecule has 4 aromatic rings. The average Bonchev–Trinajstić information content (AvgIpc) is 2.90. The van der Waals surface area contributed by atoms with Gasteiger partial charge in [0.1, 0.15) is 23.2 Å². The Balaban J connectivity index is 1.56. The fraction of sp³-hybridized carbons (Fsp3) is 0.172. The largest absolute Gasteiger partial charge is 0.311 e. The Morgan fingerprint density at radius 1 is 0.595 bits per heavy atom. The van der Waals surface area contributed by atoms with E-state index in [1.54, 1.807) is 12.1 Å². The molecule has 0 radical (unpaired) electrons. The van der Waals surface area contributed by atoms with Gasteiger partial charge in [-0.1, -0.05) is 72.3 Å². The van der Waals surface area contributed by atoms with Crippen LogP contribution in [0, 0.1) is 6.92 Å². The van der Waals surface area contributed by atoms with Crippen LogP contribution in [0.25, 0.3) is 0 Å². The van der Waals surface area contributed by atoms with Gasteiger partial charge in [0.2, 0.25) is 0 Å². The molecule has 8 heteroatoms. The van der Waals surface area contributed by atoms with Crippen LogP contribution in [0.1, 0.15) is 18.4 Å². The van der Waals surface area contributed by atoms with Crippen LogP contribution in [0.2, 0.25) is 0 Å². The van der Waals surface area contributed by atoms with Crippen molar-refractivity contribution in [2.45, 2.75) is 24.7 Å². The molecule has 4 aromatic carbocycles. The molecule has 0 N–H and O–H groups in total. The van der Waals surface area contributed by atoms with Gasteiger partial charge in [-0.15, -0.1) is 3.63 Å². The van der Waals surface area contributed by atoms with Crippen LogP contribution in [0.4, 0.5) is 0 Å². The molecule has 0 aromatic heterocycles. The smallest absolute Gasteiger partial charge is 0.198 e. The summed E-state index contributed by atoms with van der Waals surface area (Å²) in [6.45, 7) is 1.82. The third-order valence-electron chi connectivity index (χ3n) is 6.23. The lowest BCUT2D eigenvalue weighted by Gasteiger charge is -2.27. The van der Waals surface area contributed by atoms with E-state index in [1.165, 1.54) is 28.0 Å². The lowest BCUT2D eigenvalue weighted by atomic mass is 10.2. The van der Waals surface area contributed by atoms with Crippen LogP contribution < -0.4 is 15.9 Å². The summed E-state index contributed by atoms with van der Waals surface area (Å²) in [6.07, 6.45) is 1.60. The number of aryl methyl sites for hydroxylation is 1. The van der Waals surface area contributed by atoms with Crippen molar-refractivity contribution in [3.63, 3.8) is 0 Å². The zero-order chi connectivity index (χ0) is 26.4. The summed E-state index contributed by atoms with van der Waals surface area (Å²) in [5.74, 6) is -0.379. The Hall–Kier alpha value is -2.83. The molecule has 5 nitrogen and oxygen atoms in total. The van der Waals surface area contributed by atoms with Crippen LogP contribution in [-0.4, -0.2) is 28.8 Å². The van der Waals surface area contributed by atoms with Gasteiger partial charge in [-0.3, -0.25) is 0 Å². The van der Waals surface area contributed by atoms with Gasteiger partial charge >= 0.3 is 10.1 Å². The zero-order valence-corrected chi connectivity index (χ0v) is 23.1. The minimum atomic E-state index is -4.41.